The lowest BCUT2D eigenvalue weighted by atomic mass is 10.0. The number of hydrogen-bond donors (Lipinski definition) is 1. The first-order chi connectivity index (χ1) is 7.95. The van der Waals surface area contributed by atoms with Gasteiger partial charge in [0.15, 0.2) is 0 Å². The number of carbonyl (C=O) groups excluding carboxylic acids is 2. The molecule has 0 spiro atoms. The number of anilines is 1. The maximum atomic E-state index is 11.3. The van der Waals surface area contributed by atoms with Crippen molar-refractivity contribution in [1.82, 2.24) is 0 Å². The molecule has 0 unspecified atom stereocenters. The van der Waals surface area contributed by atoms with E-state index < -0.39 is 11.7 Å². The summed E-state index contributed by atoms with van der Waals surface area (Å²) in [6.45, 7) is 5.37. The summed E-state index contributed by atoms with van der Waals surface area (Å²) in [5, 5.41) is 2.51. The molecule has 4 heteroatoms. The van der Waals surface area contributed by atoms with Gasteiger partial charge in [-0.05, 0) is 23.6 Å². The maximum absolute atomic E-state index is 11.3. The average molecular weight is 235 g/mol. The van der Waals surface area contributed by atoms with Crippen LogP contribution in [0.15, 0.2) is 18.2 Å². The fraction of sp³-hybridized carbons (Fsp3) is 0.385. The predicted molar refractivity (Wildman–Crippen MR) is 66.4 cm³/mol. The molecule has 1 amide bonds. The molecule has 0 bridgehead atoms. The smallest absolute Gasteiger partial charge is 0.291 e. The van der Waals surface area contributed by atoms with E-state index in [9.17, 15) is 9.59 Å². The molecule has 0 aliphatic carbocycles. The van der Waals surface area contributed by atoms with Crippen LogP contribution in [0.5, 0.6) is 5.75 Å². The van der Waals surface area contributed by atoms with Gasteiger partial charge in [-0.2, -0.15) is 0 Å². The van der Waals surface area contributed by atoms with Crippen molar-refractivity contribution in [3.05, 3.63) is 23.8 Å². The molecule has 0 aliphatic heterocycles. The average Bonchev–Trinajstić information content (AvgIpc) is 2.28. The Morgan fingerprint density at radius 3 is 2.41 bits per heavy atom. The van der Waals surface area contributed by atoms with Gasteiger partial charge in [-0.15, -0.1) is 0 Å². The highest BCUT2D eigenvalue weighted by molar-refractivity contribution is 6.39. The highest BCUT2D eigenvalue weighted by Gasteiger charge is 2.12. The molecule has 0 saturated heterocycles. The number of ketones is 1. The number of carbonyl (C=O) groups is 2. The zero-order valence-corrected chi connectivity index (χ0v) is 10.5. The minimum Gasteiger partial charge on any atom is -0.495 e. The summed E-state index contributed by atoms with van der Waals surface area (Å²) < 4.78 is 5.19. The number of hydrogen-bond acceptors (Lipinski definition) is 3. The molecule has 0 aliphatic rings. The van der Waals surface area contributed by atoms with Crippen LogP contribution in [-0.4, -0.2) is 18.8 Å². The molecule has 1 N–H and O–H groups in total. The lowest BCUT2D eigenvalue weighted by Gasteiger charge is -2.12. The molecule has 4 nitrogen and oxygen atoms in total. The van der Waals surface area contributed by atoms with Gasteiger partial charge < -0.3 is 10.1 Å². The number of methoxy groups -OCH3 is 1. The monoisotopic (exact) mass is 235 g/mol. The molecule has 17 heavy (non-hydrogen) atoms. The third-order valence-corrected chi connectivity index (χ3v) is 2.46. The van der Waals surface area contributed by atoms with Crippen molar-refractivity contribution < 1.29 is 14.3 Å². The molecule has 0 fully saturated rings. The van der Waals surface area contributed by atoms with Crippen LogP contribution in [0.25, 0.3) is 0 Å². The van der Waals surface area contributed by atoms with Gasteiger partial charge in [0.25, 0.3) is 5.91 Å². The van der Waals surface area contributed by atoms with Crippen LogP contribution in [0.2, 0.25) is 0 Å². The largest absolute Gasteiger partial charge is 0.495 e. The fourth-order valence-electron chi connectivity index (χ4n) is 1.38. The van der Waals surface area contributed by atoms with Crippen molar-refractivity contribution >= 4 is 17.4 Å². The van der Waals surface area contributed by atoms with E-state index in [0.717, 1.165) is 5.56 Å². The van der Waals surface area contributed by atoms with Crippen LogP contribution in [0, 0.1) is 0 Å². The molecular weight excluding hydrogens is 218 g/mol. The van der Waals surface area contributed by atoms with Crippen LogP contribution < -0.4 is 10.1 Å². The first-order valence-corrected chi connectivity index (χ1v) is 5.45. The van der Waals surface area contributed by atoms with Crippen molar-refractivity contribution in [1.29, 1.82) is 0 Å². The summed E-state index contributed by atoms with van der Waals surface area (Å²) in [5.41, 5.74) is 1.62. The fourth-order valence-corrected chi connectivity index (χ4v) is 1.38. The van der Waals surface area contributed by atoms with Crippen LogP contribution in [-0.2, 0) is 9.59 Å². The lowest BCUT2D eigenvalue weighted by Crippen LogP contribution is -2.20. The number of amides is 1. The first kappa shape index (κ1) is 13.2. The van der Waals surface area contributed by atoms with Crippen LogP contribution in [0.3, 0.4) is 0 Å². The maximum Gasteiger partial charge on any atom is 0.291 e. The van der Waals surface area contributed by atoms with Gasteiger partial charge in [-0.3, -0.25) is 9.59 Å². The van der Waals surface area contributed by atoms with E-state index in [1.165, 1.54) is 14.0 Å². The van der Waals surface area contributed by atoms with E-state index in [2.05, 4.69) is 19.2 Å². The van der Waals surface area contributed by atoms with E-state index in [1.807, 2.05) is 12.1 Å². The molecule has 0 radical (unpaired) electrons. The second kappa shape index (κ2) is 5.48. The third-order valence-electron chi connectivity index (χ3n) is 2.46. The minimum atomic E-state index is -0.638. The predicted octanol–water partition coefficient (Wildman–Crippen LogP) is 2.35. The molecule has 0 heterocycles. The molecule has 1 aromatic rings. The molecule has 0 atom stereocenters. The summed E-state index contributed by atoms with van der Waals surface area (Å²) in [6.07, 6.45) is 0. The Morgan fingerprint density at radius 2 is 1.94 bits per heavy atom. The first-order valence-electron chi connectivity index (χ1n) is 5.45. The van der Waals surface area contributed by atoms with Crippen molar-refractivity contribution in [2.45, 2.75) is 26.7 Å². The van der Waals surface area contributed by atoms with Gasteiger partial charge in [-0.1, -0.05) is 19.9 Å². The lowest BCUT2D eigenvalue weighted by molar-refractivity contribution is -0.133. The van der Waals surface area contributed by atoms with Crippen molar-refractivity contribution in [2.24, 2.45) is 0 Å². The van der Waals surface area contributed by atoms with Gasteiger partial charge in [0.2, 0.25) is 5.78 Å². The normalized spacial score (nSPS) is 10.2. The Balaban J connectivity index is 3.00. The van der Waals surface area contributed by atoms with Gasteiger partial charge >= 0.3 is 0 Å². The summed E-state index contributed by atoms with van der Waals surface area (Å²) in [6, 6.07) is 5.51. The summed E-state index contributed by atoms with van der Waals surface area (Å²) in [7, 11) is 1.53. The molecule has 0 aromatic heterocycles. The topological polar surface area (TPSA) is 55.4 Å². The standard InChI is InChI=1S/C13H17NO3/c1-8(2)10-5-6-11(12(7-10)17-4)14-13(16)9(3)15/h5-8H,1-4H3,(H,14,16). The number of rotatable bonds is 4. The number of Topliss-reactive ketones (excluding diaryl/α,β-unsaturated/α-hetero) is 1. The SMILES string of the molecule is COc1cc(C(C)C)ccc1NC(=O)C(C)=O. The summed E-state index contributed by atoms with van der Waals surface area (Å²) >= 11 is 0. The second-order valence-corrected chi connectivity index (χ2v) is 4.12. The van der Waals surface area contributed by atoms with Gasteiger partial charge in [0.05, 0.1) is 12.8 Å². The Bertz CT molecular complexity index is 438. The molecule has 92 valence electrons. The molecule has 1 aromatic carbocycles. The van der Waals surface area contributed by atoms with Gasteiger partial charge in [-0.25, -0.2) is 0 Å². The van der Waals surface area contributed by atoms with Gasteiger partial charge in [0, 0.05) is 6.92 Å². The van der Waals surface area contributed by atoms with E-state index >= 15 is 0 Å². The highest BCUT2D eigenvalue weighted by atomic mass is 16.5. The van der Waals surface area contributed by atoms with Crippen LogP contribution in [0.4, 0.5) is 5.69 Å². The summed E-state index contributed by atoms with van der Waals surface area (Å²) in [5.74, 6) is -0.229. The summed E-state index contributed by atoms with van der Waals surface area (Å²) in [4.78, 5) is 22.2. The van der Waals surface area contributed by atoms with E-state index in [-0.39, 0.29) is 0 Å². The zero-order chi connectivity index (χ0) is 13.0. The quantitative estimate of drug-likeness (QED) is 0.815. The Morgan fingerprint density at radius 1 is 1.29 bits per heavy atom. The van der Waals surface area contributed by atoms with Gasteiger partial charge in [0.1, 0.15) is 5.75 Å². The number of ether oxygens (including phenoxy) is 1. The molecule has 0 saturated carbocycles. The van der Waals surface area contributed by atoms with E-state index in [0.29, 0.717) is 17.4 Å². The zero-order valence-electron chi connectivity index (χ0n) is 10.5. The Hall–Kier alpha value is -1.84. The Labute approximate surface area is 101 Å². The van der Waals surface area contributed by atoms with Crippen molar-refractivity contribution in [3.63, 3.8) is 0 Å². The van der Waals surface area contributed by atoms with Crippen LogP contribution >= 0.6 is 0 Å². The Kier molecular flexibility index (Phi) is 4.26. The highest BCUT2D eigenvalue weighted by Crippen LogP contribution is 2.28. The molecular formula is C13H17NO3. The van der Waals surface area contributed by atoms with E-state index in [1.54, 1.807) is 6.07 Å². The van der Waals surface area contributed by atoms with E-state index in [4.69, 9.17) is 4.74 Å². The second-order valence-electron chi connectivity index (χ2n) is 4.12. The van der Waals surface area contributed by atoms with Crippen LogP contribution in [0.1, 0.15) is 32.3 Å². The molecule has 1 rings (SSSR count). The third kappa shape index (κ3) is 3.31. The van der Waals surface area contributed by atoms with Crippen molar-refractivity contribution in [2.75, 3.05) is 12.4 Å². The number of nitrogens with one attached hydrogen (secondary N) is 1. The van der Waals surface area contributed by atoms with Crippen molar-refractivity contribution in [3.8, 4) is 5.75 Å². The minimum absolute atomic E-state index is 0.376. The number of benzene rings is 1.